The highest BCUT2D eigenvalue weighted by Crippen LogP contribution is 2.29. The van der Waals surface area contributed by atoms with Crippen molar-refractivity contribution < 1.29 is 19.1 Å². The summed E-state index contributed by atoms with van der Waals surface area (Å²) in [5.74, 6) is 0.980. The van der Waals surface area contributed by atoms with Crippen molar-refractivity contribution >= 4 is 46.2 Å². The monoisotopic (exact) mass is 601 g/mol. The van der Waals surface area contributed by atoms with Crippen molar-refractivity contribution in [2.45, 2.75) is 25.8 Å². The summed E-state index contributed by atoms with van der Waals surface area (Å²) in [6.45, 7) is 7.86. The fourth-order valence-corrected chi connectivity index (χ4v) is 5.99. The van der Waals surface area contributed by atoms with Crippen LogP contribution < -0.4 is 24.6 Å². The Labute approximate surface area is 259 Å². The number of amides is 2. The summed E-state index contributed by atoms with van der Waals surface area (Å²) in [6.07, 6.45) is 0.820. The molecule has 0 aromatic heterocycles. The second-order valence-electron chi connectivity index (χ2n) is 10.6. The second-order valence-corrected chi connectivity index (χ2v) is 11.0. The Balaban J connectivity index is 1.23. The summed E-state index contributed by atoms with van der Waals surface area (Å²) < 4.78 is 10.8. The van der Waals surface area contributed by atoms with Crippen LogP contribution in [-0.2, 0) is 9.59 Å². The highest BCUT2D eigenvalue weighted by Gasteiger charge is 2.44. The zero-order valence-corrected chi connectivity index (χ0v) is 25.6. The van der Waals surface area contributed by atoms with Crippen molar-refractivity contribution in [2.75, 3.05) is 68.1 Å². The molecule has 0 aliphatic carbocycles. The minimum atomic E-state index is -0.688. The fraction of sp³-hybridized carbons (Fsp3) is 0.364. The molecule has 1 N–H and O–H groups in total. The van der Waals surface area contributed by atoms with Crippen LogP contribution in [0.2, 0.25) is 0 Å². The van der Waals surface area contributed by atoms with Gasteiger partial charge in [-0.3, -0.25) is 19.4 Å². The van der Waals surface area contributed by atoms with Crippen molar-refractivity contribution in [3.63, 3.8) is 0 Å². The van der Waals surface area contributed by atoms with Gasteiger partial charge >= 0.3 is 0 Å². The van der Waals surface area contributed by atoms with Crippen molar-refractivity contribution in [1.82, 2.24) is 9.80 Å². The average molecular weight is 602 g/mol. The minimum absolute atomic E-state index is 0.00567. The summed E-state index contributed by atoms with van der Waals surface area (Å²) in [5.41, 5.74) is 2.56. The van der Waals surface area contributed by atoms with Crippen LogP contribution in [0, 0.1) is 0 Å². The molecule has 10 heteroatoms. The quantitative estimate of drug-likeness (QED) is 0.301. The van der Waals surface area contributed by atoms with E-state index in [1.54, 1.807) is 36.3 Å². The zero-order chi connectivity index (χ0) is 30.2. The number of hydrogen-bond donors (Lipinski definition) is 1. The topological polar surface area (TPSA) is 77.6 Å². The molecule has 0 bridgehead atoms. The summed E-state index contributed by atoms with van der Waals surface area (Å²) in [6, 6.07) is 24.3. The van der Waals surface area contributed by atoms with Gasteiger partial charge < -0.3 is 24.6 Å². The number of rotatable bonds is 12. The predicted octanol–water partition coefficient (Wildman–Crippen LogP) is 4.64. The van der Waals surface area contributed by atoms with Gasteiger partial charge in [-0.1, -0.05) is 18.2 Å². The molecule has 0 radical (unpaired) electrons. The Morgan fingerprint density at radius 1 is 0.884 bits per heavy atom. The predicted molar refractivity (Wildman–Crippen MR) is 174 cm³/mol. The van der Waals surface area contributed by atoms with E-state index in [0.29, 0.717) is 35.4 Å². The van der Waals surface area contributed by atoms with Gasteiger partial charge in [0.15, 0.2) is 5.11 Å². The van der Waals surface area contributed by atoms with E-state index in [-0.39, 0.29) is 18.2 Å². The van der Waals surface area contributed by atoms with Crippen LogP contribution in [0.3, 0.4) is 0 Å². The van der Waals surface area contributed by atoms with Crippen molar-refractivity contribution in [3.05, 3.63) is 78.9 Å². The molecule has 5 rings (SSSR count). The Hall–Kier alpha value is -4.15. The number of nitrogens with one attached hydrogen (secondary N) is 1. The van der Waals surface area contributed by atoms with Gasteiger partial charge in [0.2, 0.25) is 5.91 Å². The number of thiocarbonyl (C=S) groups is 1. The molecule has 2 aliphatic heterocycles. The molecule has 2 fully saturated rings. The summed E-state index contributed by atoms with van der Waals surface area (Å²) >= 11 is 5.87. The maximum absolute atomic E-state index is 13.8. The number of methoxy groups -OCH3 is 1. The number of hydrogen-bond acceptors (Lipinski definition) is 7. The van der Waals surface area contributed by atoms with Gasteiger partial charge in [0.25, 0.3) is 5.91 Å². The highest BCUT2D eigenvalue weighted by molar-refractivity contribution is 7.80. The summed E-state index contributed by atoms with van der Waals surface area (Å²) in [4.78, 5) is 35.3. The first kappa shape index (κ1) is 30.3. The maximum atomic E-state index is 13.8. The number of anilines is 3. The fourth-order valence-electron chi connectivity index (χ4n) is 5.58. The molecule has 2 aliphatic rings. The first-order valence-electron chi connectivity index (χ1n) is 14.8. The van der Waals surface area contributed by atoms with Crippen molar-refractivity contribution in [2.24, 2.45) is 0 Å². The third-order valence-corrected chi connectivity index (χ3v) is 8.26. The molecule has 0 spiro atoms. The van der Waals surface area contributed by atoms with E-state index in [4.69, 9.17) is 21.7 Å². The Kier molecular flexibility index (Phi) is 10.1. The molecular weight excluding hydrogens is 562 g/mol. The molecule has 9 nitrogen and oxygen atoms in total. The van der Waals surface area contributed by atoms with Crippen LogP contribution in [0.4, 0.5) is 17.1 Å². The molecule has 1 atom stereocenters. The van der Waals surface area contributed by atoms with Gasteiger partial charge in [0, 0.05) is 44.1 Å². The van der Waals surface area contributed by atoms with Gasteiger partial charge in [-0.25, -0.2) is 0 Å². The van der Waals surface area contributed by atoms with Gasteiger partial charge in [0.05, 0.1) is 25.8 Å². The van der Waals surface area contributed by atoms with Gasteiger partial charge in [-0.2, -0.15) is 0 Å². The van der Waals surface area contributed by atoms with Gasteiger partial charge in [0.1, 0.15) is 17.5 Å². The van der Waals surface area contributed by atoms with E-state index in [0.717, 1.165) is 44.9 Å². The number of benzene rings is 3. The van der Waals surface area contributed by atoms with Gasteiger partial charge in [-0.05, 0) is 92.8 Å². The van der Waals surface area contributed by atoms with Crippen LogP contribution in [0.1, 0.15) is 19.8 Å². The average Bonchev–Trinajstić information content (AvgIpc) is 3.26. The number of piperazine rings is 1. The van der Waals surface area contributed by atoms with E-state index in [2.05, 4.69) is 39.4 Å². The number of carbonyl (C=O) groups is 2. The molecule has 3 aromatic carbocycles. The molecule has 0 unspecified atom stereocenters. The number of carbonyl (C=O) groups excluding carboxylic acids is 2. The first-order valence-corrected chi connectivity index (χ1v) is 15.2. The lowest BCUT2D eigenvalue weighted by Crippen LogP contribution is -2.47. The third kappa shape index (κ3) is 7.44. The van der Waals surface area contributed by atoms with Crippen LogP contribution in [-0.4, -0.2) is 85.8 Å². The standard InChI is InChI=1S/C33H39N5O4S/c1-3-42-29-16-12-27(13-17-29)38-32(40)30(24-31(39)34-25-10-14-28(41-2)15-11-25)37(33(38)43)19-7-18-35-20-22-36(23-21-35)26-8-5-4-6-9-26/h4-6,8-17,30H,3,7,18-24H2,1-2H3,(H,34,39)/t30-/m0/s1. The molecule has 2 amide bonds. The van der Waals surface area contributed by atoms with E-state index < -0.39 is 6.04 Å². The van der Waals surface area contributed by atoms with Crippen molar-refractivity contribution in [3.8, 4) is 11.5 Å². The third-order valence-electron chi connectivity index (χ3n) is 7.84. The SMILES string of the molecule is CCOc1ccc(N2C(=O)[C@H](CC(=O)Nc3ccc(OC)cc3)N(CCCN3CCN(c4ccccc4)CC3)C2=S)cc1. The van der Waals surface area contributed by atoms with E-state index in [9.17, 15) is 9.59 Å². The summed E-state index contributed by atoms with van der Waals surface area (Å²) in [7, 11) is 1.59. The second kappa shape index (κ2) is 14.3. The molecule has 2 heterocycles. The van der Waals surface area contributed by atoms with Crippen LogP contribution in [0.5, 0.6) is 11.5 Å². The van der Waals surface area contributed by atoms with E-state index >= 15 is 0 Å². The normalized spacial score (nSPS) is 17.3. The number of nitrogens with zero attached hydrogens (tertiary/aromatic N) is 4. The van der Waals surface area contributed by atoms with Crippen molar-refractivity contribution in [1.29, 1.82) is 0 Å². The molecule has 3 aromatic rings. The largest absolute Gasteiger partial charge is 0.497 e. The molecule has 43 heavy (non-hydrogen) atoms. The Morgan fingerprint density at radius 2 is 1.56 bits per heavy atom. The zero-order valence-electron chi connectivity index (χ0n) is 24.8. The minimum Gasteiger partial charge on any atom is -0.497 e. The van der Waals surface area contributed by atoms with E-state index in [1.807, 2.05) is 42.2 Å². The Morgan fingerprint density at radius 3 is 2.21 bits per heavy atom. The van der Waals surface area contributed by atoms with Crippen LogP contribution in [0.15, 0.2) is 78.9 Å². The maximum Gasteiger partial charge on any atom is 0.256 e. The lowest BCUT2D eigenvalue weighted by atomic mass is 10.1. The molecule has 0 saturated carbocycles. The molecular formula is C33H39N5O4S. The first-order chi connectivity index (χ1) is 21.0. The van der Waals surface area contributed by atoms with E-state index in [1.165, 1.54) is 5.69 Å². The molecule has 2 saturated heterocycles. The molecule has 226 valence electrons. The lowest BCUT2D eigenvalue weighted by molar-refractivity contribution is -0.124. The van der Waals surface area contributed by atoms with Gasteiger partial charge in [-0.15, -0.1) is 0 Å². The number of ether oxygens (including phenoxy) is 2. The number of para-hydroxylation sites is 1. The summed E-state index contributed by atoms with van der Waals surface area (Å²) in [5, 5.41) is 3.33. The smallest absolute Gasteiger partial charge is 0.256 e. The Bertz CT molecular complexity index is 1380. The van der Waals surface area contributed by atoms with Crippen LogP contribution in [0.25, 0.3) is 0 Å². The highest BCUT2D eigenvalue weighted by atomic mass is 32.1. The van der Waals surface area contributed by atoms with Crippen LogP contribution >= 0.6 is 12.2 Å². The lowest BCUT2D eigenvalue weighted by Gasteiger charge is -2.36.